The molecule has 0 amide bonds. The molecule has 3 rings (SSSR count). The zero-order chi connectivity index (χ0) is 12.9. The number of hydrogen-bond acceptors (Lipinski definition) is 3. The van der Waals surface area contributed by atoms with Gasteiger partial charge in [0, 0.05) is 18.0 Å². The average molecular weight is 248 g/mol. The van der Waals surface area contributed by atoms with Crippen molar-refractivity contribution >= 4 is 11.4 Å². The van der Waals surface area contributed by atoms with Crippen LogP contribution in [-0.4, -0.2) is 9.97 Å². The summed E-state index contributed by atoms with van der Waals surface area (Å²) in [6.45, 7) is 0. The third-order valence-electron chi connectivity index (χ3n) is 2.69. The maximum atomic E-state index is 4.30. The van der Waals surface area contributed by atoms with E-state index in [0.29, 0.717) is 0 Å². The average Bonchev–Trinajstić information content (AvgIpc) is 3.01. The minimum absolute atomic E-state index is 0.793. The van der Waals surface area contributed by atoms with Gasteiger partial charge in [-0.3, -0.25) is 0 Å². The van der Waals surface area contributed by atoms with Gasteiger partial charge in [-0.2, -0.15) is 5.11 Å². The van der Waals surface area contributed by atoms with Crippen LogP contribution in [0.3, 0.4) is 0 Å². The molecule has 3 aromatic rings. The summed E-state index contributed by atoms with van der Waals surface area (Å²) in [6.07, 6.45) is 3.51. The zero-order valence-electron chi connectivity index (χ0n) is 10.2. The van der Waals surface area contributed by atoms with E-state index < -0.39 is 0 Å². The Bertz CT molecular complexity index is 672. The lowest BCUT2D eigenvalue weighted by Gasteiger charge is -2.00. The van der Waals surface area contributed by atoms with E-state index in [9.17, 15) is 0 Å². The van der Waals surface area contributed by atoms with Gasteiger partial charge in [-0.15, -0.1) is 5.11 Å². The molecule has 0 atom stereocenters. The Balaban J connectivity index is 1.96. The summed E-state index contributed by atoms with van der Waals surface area (Å²) in [6, 6.07) is 17.4. The molecule has 1 heterocycles. The van der Waals surface area contributed by atoms with Crippen LogP contribution in [-0.2, 0) is 0 Å². The summed E-state index contributed by atoms with van der Waals surface area (Å²) >= 11 is 0. The van der Waals surface area contributed by atoms with Crippen molar-refractivity contribution in [3.8, 4) is 11.4 Å². The maximum Gasteiger partial charge on any atom is 0.139 e. The molecule has 0 saturated carbocycles. The molecule has 0 aliphatic carbocycles. The highest BCUT2D eigenvalue weighted by Gasteiger charge is 2.05. The molecule has 4 heteroatoms. The second kappa shape index (κ2) is 5.27. The smallest absolute Gasteiger partial charge is 0.139 e. The predicted molar refractivity (Wildman–Crippen MR) is 74.6 cm³/mol. The van der Waals surface area contributed by atoms with E-state index in [2.05, 4.69) is 20.2 Å². The number of nitrogens with one attached hydrogen (secondary N) is 1. The fourth-order valence-corrected chi connectivity index (χ4v) is 1.78. The number of hydrogen-bond donors (Lipinski definition) is 1. The van der Waals surface area contributed by atoms with Crippen molar-refractivity contribution in [3.63, 3.8) is 0 Å². The summed E-state index contributed by atoms with van der Waals surface area (Å²) < 4.78 is 0. The number of azo groups is 1. The second-order valence-corrected chi connectivity index (χ2v) is 3.99. The Labute approximate surface area is 110 Å². The van der Waals surface area contributed by atoms with Gasteiger partial charge in [0.25, 0.3) is 0 Å². The van der Waals surface area contributed by atoms with Crippen molar-refractivity contribution in [2.24, 2.45) is 10.2 Å². The number of rotatable bonds is 3. The number of aromatic amines is 1. The van der Waals surface area contributed by atoms with Crippen molar-refractivity contribution in [1.29, 1.82) is 0 Å². The molecule has 0 unspecified atom stereocenters. The Morgan fingerprint density at radius 2 is 1.63 bits per heavy atom. The van der Waals surface area contributed by atoms with Gasteiger partial charge in [0.1, 0.15) is 5.82 Å². The summed E-state index contributed by atoms with van der Waals surface area (Å²) in [5.74, 6) is 0.794. The van der Waals surface area contributed by atoms with Crippen LogP contribution in [0.15, 0.2) is 77.2 Å². The zero-order valence-corrected chi connectivity index (χ0v) is 10.2. The lowest BCUT2D eigenvalue weighted by molar-refractivity contribution is 1.22. The number of nitrogens with zero attached hydrogens (tertiary/aromatic N) is 3. The summed E-state index contributed by atoms with van der Waals surface area (Å²) in [4.78, 5) is 7.32. The van der Waals surface area contributed by atoms with Gasteiger partial charge < -0.3 is 4.98 Å². The first-order valence-electron chi connectivity index (χ1n) is 5.99. The largest absolute Gasteiger partial charge is 0.345 e. The highest BCUT2D eigenvalue weighted by molar-refractivity contribution is 5.70. The summed E-state index contributed by atoms with van der Waals surface area (Å²) in [5, 5.41) is 8.53. The molecule has 0 bridgehead atoms. The molecule has 1 N–H and O–H groups in total. The van der Waals surface area contributed by atoms with Crippen molar-refractivity contribution in [2.75, 3.05) is 0 Å². The Kier molecular flexibility index (Phi) is 3.14. The van der Waals surface area contributed by atoms with Crippen LogP contribution < -0.4 is 0 Å². The normalized spacial score (nSPS) is 10.9. The summed E-state index contributed by atoms with van der Waals surface area (Å²) in [5.41, 5.74) is 2.56. The van der Waals surface area contributed by atoms with Crippen molar-refractivity contribution in [3.05, 3.63) is 67.0 Å². The highest BCUT2D eigenvalue weighted by atomic mass is 15.1. The van der Waals surface area contributed by atoms with Crippen molar-refractivity contribution in [1.82, 2.24) is 9.97 Å². The van der Waals surface area contributed by atoms with Crippen LogP contribution in [0.5, 0.6) is 0 Å². The molecule has 0 saturated heterocycles. The van der Waals surface area contributed by atoms with Gasteiger partial charge in [-0.05, 0) is 24.3 Å². The van der Waals surface area contributed by atoms with E-state index in [1.165, 1.54) is 0 Å². The van der Waals surface area contributed by atoms with Crippen LogP contribution in [0.1, 0.15) is 0 Å². The van der Waals surface area contributed by atoms with Crippen LogP contribution in [0.2, 0.25) is 0 Å². The van der Waals surface area contributed by atoms with Crippen LogP contribution in [0, 0.1) is 0 Å². The van der Waals surface area contributed by atoms with Crippen molar-refractivity contribution < 1.29 is 0 Å². The van der Waals surface area contributed by atoms with E-state index in [-0.39, 0.29) is 0 Å². The molecule has 1 aromatic heterocycles. The van der Waals surface area contributed by atoms with Crippen LogP contribution in [0.25, 0.3) is 11.4 Å². The first kappa shape index (κ1) is 11.3. The molecule has 4 nitrogen and oxygen atoms in total. The fraction of sp³-hybridized carbons (Fsp3) is 0. The molecule has 19 heavy (non-hydrogen) atoms. The molecule has 92 valence electrons. The molecule has 0 radical (unpaired) electrons. The first-order valence-corrected chi connectivity index (χ1v) is 5.99. The standard InChI is InChI=1S/C15H12N4/c1-2-6-12(7-3-1)18-19-14-9-5-4-8-13(14)15-16-10-11-17-15/h1-11H,(H,16,17). The molecule has 2 aromatic carbocycles. The van der Waals surface area contributed by atoms with Gasteiger partial charge >= 0.3 is 0 Å². The number of benzene rings is 2. The SMILES string of the molecule is c1ccc(N=Nc2ccccc2-c2ncc[nH]2)cc1. The molecule has 0 aliphatic heterocycles. The Morgan fingerprint density at radius 3 is 2.42 bits per heavy atom. The van der Waals surface area contributed by atoms with E-state index in [4.69, 9.17) is 0 Å². The number of H-pyrrole nitrogens is 1. The molecule has 0 spiro atoms. The quantitative estimate of drug-likeness (QED) is 0.682. The second-order valence-electron chi connectivity index (χ2n) is 3.99. The maximum absolute atomic E-state index is 4.30. The Morgan fingerprint density at radius 1 is 0.842 bits per heavy atom. The van der Waals surface area contributed by atoms with E-state index in [0.717, 1.165) is 22.8 Å². The van der Waals surface area contributed by atoms with E-state index in [1.807, 2.05) is 54.6 Å². The van der Waals surface area contributed by atoms with Crippen LogP contribution in [0.4, 0.5) is 11.4 Å². The highest BCUT2D eigenvalue weighted by Crippen LogP contribution is 2.28. The predicted octanol–water partition coefficient (Wildman–Crippen LogP) is 4.49. The topological polar surface area (TPSA) is 53.4 Å². The molecular formula is C15H12N4. The first-order chi connectivity index (χ1) is 9.43. The molecule has 0 fully saturated rings. The lowest BCUT2D eigenvalue weighted by atomic mass is 10.2. The van der Waals surface area contributed by atoms with Gasteiger partial charge in [0.2, 0.25) is 0 Å². The third kappa shape index (κ3) is 2.57. The van der Waals surface area contributed by atoms with Gasteiger partial charge in [0.15, 0.2) is 0 Å². The fourth-order valence-electron chi connectivity index (χ4n) is 1.78. The van der Waals surface area contributed by atoms with E-state index >= 15 is 0 Å². The van der Waals surface area contributed by atoms with E-state index in [1.54, 1.807) is 12.4 Å². The number of imidazole rings is 1. The summed E-state index contributed by atoms with van der Waals surface area (Å²) in [7, 11) is 0. The lowest BCUT2D eigenvalue weighted by Crippen LogP contribution is -1.80. The van der Waals surface area contributed by atoms with Gasteiger partial charge in [0.05, 0.1) is 11.4 Å². The van der Waals surface area contributed by atoms with Crippen LogP contribution >= 0.6 is 0 Å². The monoisotopic (exact) mass is 248 g/mol. The molecular weight excluding hydrogens is 236 g/mol. The van der Waals surface area contributed by atoms with Crippen molar-refractivity contribution in [2.45, 2.75) is 0 Å². The van der Waals surface area contributed by atoms with Gasteiger partial charge in [-0.1, -0.05) is 30.3 Å². The number of aromatic nitrogens is 2. The molecule has 0 aliphatic rings. The minimum Gasteiger partial charge on any atom is -0.345 e. The Hall–Kier alpha value is -2.75. The van der Waals surface area contributed by atoms with Gasteiger partial charge in [-0.25, -0.2) is 4.98 Å². The third-order valence-corrected chi connectivity index (χ3v) is 2.69. The minimum atomic E-state index is 0.793.